The van der Waals surface area contributed by atoms with E-state index in [2.05, 4.69) is 0 Å². The molecule has 0 fully saturated rings. The number of carboxylic acid groups (broad SMARTS) is 3. The van der Waals surface area contributed by atoms with Crippen LogP contribution in [-0.4, -0.2) is 101 Å². The third kappa shape index (κ3) is 20.3. The number of carbonyl (C=O) groups is 4. The van der Waals surface area contributed by atoms with Crippen LogP contribution in [0.25, 0.3) is 0 Å². The van der Waals surface area contributed by atoms with E-state index in [1.807, 2.05) is 6.92 Å². The fourth-order valence-corrected chi connectivity index (χ4v) is 1.35. The molecule has 0 aromatic rings. The Labute approximate surface area is 128 Å². The van der Waals surface area contributed by atoms with E-state index in [1.54, 1.807) is 4.90 Å². The number of hydrogen-bond donors (Lipinski definition) is 4. The molecule has 0 radical (unpaired) electrons. The monoisotopic (exact) mass is 324 g/mol. The first-order valence-corrected chi connectivity index (χ1v) is 6.25. The lowest BCUT2D eigenvalue weighted by atomic mass is 10.4. The molecule has 0 saturated carbocycles. The van der Waals surface area contributed by atoms with E-state index >= 15 is 0 Å². The van der Waals surface area contributed by atoms with Gasteiger partial charge in [0.2, 0.25) is 0 Å². The molecule has 22 heavy (non-hydrogen) atoms. The molecule has 0 unspecified atom stereocenters. The normalized spacial score (nSPS) is 9.14. The quantitative estimate of drug-likeness (QED) is 0.341. The Morgan fingerprint density at radius 2 is 1.32 bits per heavy atom. The summed E-state index contributed by atoms with van der Waals surface area (Å²) >= 11 is 0. The number of aliphatic hydroxyl groups is 1. The summed E-state index contributed by atoms with van der Waals surface area (Å²) in [5.41, 5.74) is 0. The van der Waals surface area contributed by atoms with Crippen LogP contribution >= 0.6 is 0 Å². The van der Waals surface area contributed by atoms with Gasteiger partial charge in [0.15, 0.2) is 0 Å². The Morgan fingerprint density at radius 3 is 1.64 bits per heavy atom. The van der Waals surface area contributed by atoms with E-state index in [9.17, 15) is 14.4 Å². The fourth-order valence-electron chi connectivity index (χ4n) is 1.35. The van der Waals surface area contributed by atoms with Crippen molar-refractivity contribution < 1.29 is 39.6 Å². The summed E-state index contributed by atoms with van der Waals surface area (Å²) in [6.07, 6.45) is 0.635. The van der Waals surface area contributed by atoms with Crippen LogP contribution in [0.5, 0.6) is 0 Å². The third-order valence-corrected chi connectivity index (χ3v) is 2.23. The smallest absolute Gasteiger partial charge is 0.317 e. The van der Waals surface area contributed by atoms with Crippen LogP contribution in [0.1, 0.15) is 6.92 Å². The van der Waals surface area contributed by atoms with Gasteiger partial charge in [-0.25, -0.2) is 0 Å². The second kappa shape index (κ2) is 19.0. The maximum Gasteiger partial charge on any atom is 0.317 e. The Morgan fingerprint density at radius 1 is 0.955 bits per heavy atom. The van der Waals surface area contributed by atoms with Crippen LogP contribution in [0.3, 0.4) is 0 Å². The minimum atomic E-state index is -1.01. The van der Waals surface area contributed by atoms with Crippen molar-refractivity contribution in [3.8, 4) is 0 Å². The molecule has 10 nitrogen and oxygen atoms in total. The number of rotatable bonds is 10. The highest BCUT2D eigenvalue weighted by Gasteiger charge is 2.12. The number of hydrogen-bond acceptors (Lipinski definition) is 7. The van der Waals surface area contributed by atoms with Gasteiger partial charge in [0.25, 0.3) is 6.47 Å². The number of carbonyl (C=O) groups excluding carboxylic acids is 1. The Kier molecular flexibility index (Phi) is 21.5. The first kappa shape index (κ1) is 24.9. The maximum absolute atomic E-state index is 10.5. The Balaban J connectivity index is -0.000000637. The number of aliphatic carboxylic acids is 2. The maximum atomic E-state index is 10.5. The van der Waals surface area contributed by atoms with Gasteiger partial charge in [-0.3, -0.25) is 24.2 Å². The molecule has 130 valence electrons. The molecule has 4 N–H and O–H groups in total. The third-order valence-electron chi connectivity index (χ3n) is 2.23. The number of aliphatic hydroxyl groups excluding tert-OH is 1. The molecule has 0 rings (SSSR count). The van der Waals surface area contributed by atoms with Crippen LogP contribution in [0.2, 0.25) is 0 Å². The van der Waals surface area contributed by atoms with Gasteiger partial charge in [-0.05, 0) is 6.54 Å². The molecule has 0 saturated heterocycles. The summed E-state index contributed by atoms with van der Waals surface area (Å²) in [5, 5.41) is 31.1. The van der Waals surface area contributed by atoms with Gasteiger partial charge in [-0.15, -0.1) is 0 Å². The lowest BCUT2D eigenvalue weighted by Gasteiger charge is -2.23. The molecule has 0 aliphatic heterocycles. The zero-order chi connectivity index (χ0) is 18.0. The highest BCUT2D eigenvalue weighted by atomic mass is 16.4. The molecular formula is C12H24N2O8. The van der Waals surface area contributed by atoms with Crippen LogP contribution < -0.4 is 0 Å². The van der Waals surface area contributed by atoms with Crippen LogP contribution in [0, 0.1) is 0 Å². The zero-order valence-corrected chi connectivity index (χ0v) is 12.7. The molecule has 0 heterocycles. The van der Waals surface area contributed by atoms with Crippen molar-refractivity contribution in [1.29, 1.82) is 0 Å². The Bertz CT molecular complexity index is 312. The summed E-state index contributed by atoms with van der Waals surface area (Å²) in [4.78, 5) is 42.9. The van der Waals surface area contributed by atoms with Crippen LogP contribution in [0.15, 0.2) is 0 Å². The van der Waals surface area contributed by atoms with E-state index in [-0.39, 0.29) is 26.1 Å². The van der Waals surface area contributed by atoms with Crippen molar-refractivity contribution in [3.63, 3.8) is 0 Å². The van der Waals surface area contributed by atoms with Gasteiger partial charge in [0.1, 0.15) is 6.29 Å². The van der Waals surface area contributed by atoms with Crippen molar-refractivity contribution in [2.45, 2.75) is 6.92 Å². The minimum Gasteiger partial charge on any atom is -0.483 e. The number of aldehydes is 1. The number of carboxylic acids is 2. The van der Waals surface area contributed by atoms with E-state index in [0.29, 0.717) is 25.9 Å². The van der Waals surface area contributed by atoms with Gasteiger partial charge in [-0.1, -0.05) is 6.92 Å². The molecular weight excluding hydrogens is 300 g/mol. The predicted molar refractivity (Wildman–Crippen MR) is 76.7 cm³/mol. The molecule has 0 aliphatic rings. The predicted octanol–water partition coefficient (Wildman–Crippen LogP) is -1.71. The molecule has 0 aromatic carbocycles. The Hall–Kier alpha value is -2.04. The summed E-state index contributed by atoms with van der Waals surface area (Å²) in [6.45, 7) is 2.65. The number of nitrogens with zero attached hydrogens (tertiary/aromatic N) is 2. The van der Waals surface area contributed by atoms with E-state index in [1.165, 1.54) is 4.90 Å². The summed E-state index contributed by atoms with van der Waals surface area (Å²) in [6, 6.07) is 0. The lowest BCUT2D eigenvalue weighted by molar-refractivity contribution is -0.140. The van der Waals surface area contributed by atoms with Crippen LogP contribution in [-0.2, 0) is 19.2 Å². The topological polar surface area (TPSA) is 156 Å². The average molecular weight is 324 g/mol. The lowest BCUT2D eigenvalue weighted by Crippen LogP contribution is -2.40. The fraction of sp³-hybridized carbons (Fsp3) is 0.667. The largest absolute Gasteiger partial charge is 0.483 e. The summed E-state index contributed by atoms with van der Waals surface area (Å²) < 4.78 is 0. The van der Waals surface area contributed by atoms with E-state index in [0.717, 1.165) is 7.11 Å². The summed E-state index contributed by atoms with van der Waals surface area (Å²) in [7, 11) is 1.00. The second-order valence-corrected chi connectivity index (χ2v) is 3.66. The first-order valence-electron chi connectivity index (χ1n) is 6.25. The average Bonchev–Trinajstić information content (AvgIpc) is 2.45. The molecule has 0 aliphatic carbocycles. The van der Waals surface area contributed by atoms with Crippen LogP contribution in [0.4, 0.5) is 0 Å². The molecule has 0 aromatic heterocycles. The highest BCUT2D eigenvalue weighted by molar-refractivity contribution is 5.70. The van der Waals surface area contributed by atoms with E-state index < -0.39 is 11.9 Å². The van der Waals surface area contributed by atoms with E-state index in [4.69, 9.17) is 25.2 Å². The van der Waals surface area contributed by atoms with Gasteiger partial charge in [-0.2, -0.15) is 0 Å². The summed E-state index contributed by atoms with van der Waals surface area (Å²) in [5.74, 6) is -1.93. The minimum absolute atomic E-state index is 0.0386. The van der Waals surface area contributed by atoms with Gasteiger partial charge in [0.05, 0.1) is 19.6 Å². The molecule has 10 heteroatoms. The van der Waals surface area contributed by atoms with Crippen molar-refractivity contribution in [2.24, 2.45) is 0 Å². The molecule has 0 spiro atoms. The van der Waals surface area contributed by atoms with Crippen molar-refractivity contribution in [3.05, 3.63) is 0 Å². The number of likely N-dealkylation sites (N-methyl/N-ethyl adjacent to an activating group) is 1. The molecule has 0 bridgehead atoms. The van der Waals surface area contributed by atoms with Crippen molar-refractivity contribution in [1.82, 2.24) is 9.80 Å². The molecule has 0 amide bonds. The second-order valence-electron chi connectivity index (χ2n) is 3.66. The van der Waals surface area contributed by atoms with Crippen molar-refractivity contribution >= 4 is 24.7 Å². The zero-order valence-electron chi connectivity index (χ0n) is 12.7. The SMILES string of the molecule is CCN(CCN(CC=O)CC(=O)O)CC(=O)O.CO.O=CO. The van der Waals surface area contributed by atoms with Crippen molar-refractivity contribution in [2.75, 3.05) is 46.4 Å². The molecule has 0 atom stereocenters. The first-order chi connectivity index (χ1) is 10.4. The van der Waals surface area contributed by atoms with Gasteiger partial charge < -0.3 is 25.2 Å². The van der Waals surface area contributed by atoms with Gasteiger partial charge >= 0.3 is 11.9 Å². The van der Waals surface area contributed by atoms with Gasteiger partial charge in [0, 0.05) is 20.2 Å². The standard InChI is InChI=1S/C10H18N2O5.CH2O2.CH4O/c1-2-11(7-9(14)15)3-4-12(5-6-13)8-10(16)17;2-1-3;1-2/h6H,2-5,7-8H2,1H3,(H,14,15)(H,16,17);1H,(H,2,3);2H,1H3. The highest BCUT2D eigenvalue weighted by Crippen LogP contribution is 1.92.